The molecule has 1 fully saturated rings. The van der Waals surface area contributed by atoms with Crippen LogP contribution in [0, 0.1) is 5.82 Å². The fraction of sp³-hybridized carbons (Fsp3) is 0.200. The highest BCUT2D eigenvalue weighted by atomic mass is 35.5. The van der Waals surface area contributed by atoms with Crippen LogP contribution in [0.2, 0.25) is 5.02 Å². The van der Waals surface area contributed by atoms with Crippen molar-refractivity contribution in [2.75, 3.05) is 31.1 Å². The van der Waals surface area contributed by atoms with Crippen LogP contribution in [0.3, 0.4) is 0 Å². The number of halogens is 2. The van der Waals surface area contributed by atoms with Crippen LogP contribution in [0.5, 0.6) is 5.75 Å². The van der Waals surface area contributed by atoms with Gasteiger partial charge in [0.2, 0.25) is 0 Å². The fourth-order valence-electron chi connectivity index (χ4n) is 4.21. The molecule has 1 aliphatic rings. The molecule has 174 valence electrons. The molecule has 0 radical (unpaired) electrons. The van der Waals surface area contributed by atoms with Crippen LogP contribution in [0.4, 0.5) is 10.2 Å². The first-order valence-electron chi connectivity index (χ1n) is 10.9. The first-order valence-corrected chi connectivity index (χ1v) is 11.3. The van der Waals surface area contributed by atoms with Crippen molar-refractivity contribution in [1.29, 1.82) is 0 Å². The number of phenolic OH excluding ortho intramolecular Hbond substituents is 1. The number of rotatable bonds is 4. The summed E-state index contributed by atoms with van der Waals surface area (Å²) in [6.07, 6.45) is 4.78. The summed E-state index contributed by atoms with van der Waals surface area (Å²) in [5.74, 6) is 0.228. The molecule has 1 saturated heterocycles. The third-order valence-electron chi connectivity index (χ3n) is 6.04. The lowest BCUT2D eigenvalue weighted by atomic mass is 9.97. The van der Waals surface area contributed by atoms with Crippen molar-refractivity contribution in [3.05, 3.63) is 82.4 Å². The van der Waals surface area contributed by atoms with E-state index in [0.717, 1.165) is 37.6 Å². The third kappa shape index (κ3) is 4.06. The van der Waals surface area contributed by atoms with Gasteiger partial charge in [0, 0.05) is 68.0 Å². The molecule has 0 spiro atoms. The van der Waals surface area contributed by atoms with E-state index in [4.69, 9.17) is 11.6 Å². The second-order valence-electron chi connectivity index (χ2n) is 8.22. The van der Waals surface area contributed by atoms with Gasteiger partial charge in [0.1, 0.15) is 17.4 Å². The number of aromatic hydroxyl groups is 1. The third-order valence-corrected chi connectivity index (χ3v) is 6.26. The Kier molecular flexibility index (Phi) is 5.85. The second kappa shape index (κ2) is 8.96. The summed E-state index contributed by atoms with van der Waals surface area (Å²) in [6, 6.07) is 11.5. The number of hydrogen-bond donors (Lipinski definition) is 2. The quantitative estimate of drug-likeness (QED) is 0.465. The van der Waals surface area contributed by atoms with Crippen LogP contribution in [-0.2, 0) is 7.05 Å². The molecule has 0 unspecified atom stereocenters. The largest absolute Gasteiger partial charge is 0.507 e. The van der Waals surface area contributed by atoms with E-state index in [0.29, 0.717) is 21.7 Å². The van der Waals surface area contributed by atoms with Gasteiger partial charge in [-0.1, -0.05) is 17.7 Å². The van der Waals surface area contributed by atoms with Gasteiger partial charge in [-0.15, -0.1) is 0 Å². The van der Waals surface area contributed by atoms with Crippen molar-refractivity contribution in [3.63, 3.8) is 0 Å². The standard InChI is InChI=1S/C25H23ClFN5O2/c1-30-10-11-32(25(30)34)22-3-2-16(12-21(22)27)19-14-18(26)15-20(24(19)33)17-4-5-29-23(13-17)31-8-6-28-7-9-31/h2-5,10-15,28,33H,6-9H2,1H3. The summed E-state index contributed by atoms with van der Waals surface area (Å²) < 4.78 is 17.6. The average molecular weight is 480 g/mol. The monoisotopic (exact) mass is 479 g/mol. The molecule has 0 bridgehead atoms. The van der Waals surface area contributed by atoms with Gasteiger partial charge in [-0.2, -0.15) is 0 Å². The Labute approximate surface area is 200 Å². The molecule has 7 nitrogen and oxygen atoms in total. The molecule has 1 aliphatic heterocycles. The maximum atomic E-state index is 15.0. The van der Waals surface area contributed by atoms with Crippen LogP contribution in [0.15, 0.2) is 65.8 Å². The zero-order valence-corrected chi connectivity index (χ0v) is 19.3. The van der Waals surface area contributed by atoms with Gasteiger partial charge < -0.3 is 19.9 Å². The Morgan fingerprint density at radius 2 is 1.74 bits per heavy atom. The molecule has 3 heterocycles. The predicted molar refractivity (Wildman–Crippen MR) is 131 cm³/mol. The minimum Gasteiger partial charge on any atom is -0.507 e. The molecule has 5 rings (SSSR count). The SMILES string of the molecule is Cn1ccn(-c2ccc(-c3cc(Cl)cc(-c4ccnc(N5CCNCC5)c4)c3O)cc2F)c1=O. The first-order chi connectivity index (χ1) is 16.4. The molecule has 9 heteroatoms. The number of phenols is 1. The summed E-state index contributed by atoms with van der Waals surface area (Å²) in [7, 11) is 1.60. The Morgan fingerprint density at radius 3 is 2.38 bits per heavy atom. The van der Waals surface area contributed by atoms with Crippen molar-refractivity contribution in [1.82, 2.24) is 19.4 Å². The zero-order valence-electron chi connectivity index (χ0n) is 18.5. The number of nitrogens with one attached hydrogen (secondary N) is 1. The number of aryl methyl sites for hydroxylation is 1. The van der Waals surface area contributed by atoms with Gasteiger partial charge in [0.15, 0.2) is 0 Å². The molecular formula is C25H23ClFN5O2. The molecule has 0 atom stereocenters. The van der Waals surface area contributed by atoms with Crippen molar-refractivity contribution < 1.29 is 9.50 Å². The summed E-state index contributed by atoms with van der Waals surface area (Å²) in [5, 5.41) is 14.9. The van der Waals surface area contributed by atoms with Crippen LogP contribution < -0.4 is 15.9 Å². The maximum Gasteiger partial charge on any atom is 0.332 e. The Bertz CT molecular complexity index is 1430. The number of benzene rings is 2. The number of nitrogens with zero attached hydrogens (tertiary/aromatic N) is 4. The summed E-state index contributed by atoms with van der Waals surface area (Å²) in [4.78, 5) is 18.9. The Hall–Kier alpha value is -3.62. The van der Waals surface area contributed by atoms with Gasteiger partial charge in [0.05, 0.1) is 5.69 Å². The summed E-state index contributed by atoms with van der Waals surface area (Å²) >= 11 is 6.41. The Balaban J connectivity index is 1.55. The smallest absolute Gasteiger partial charge is 0.332 e. The minimum atomic E-state index is -0.586. The van der Waals surface area contributed by atoms with E-state index < -0.39 is 5.82 Å². The van der Waals surface area contributed by atoms with Crippen molar-refractivity contribution in [2.24, 2.45) is 7.05 Å². The van der Waals surface area contributed by atoms with Crippen LogP contribution in [0.25, 0.3) is 27.9 Å². The van der Waals surface area contributed by atoms with Gasteiger partial charge in [0.25, 0.3) is 0 Å². The molecule has 4 aromatic rings. The number of imidazole rings is 1. The maximum absolute atomic E-state index is 15.0. The summed E-state index contributed by atoms with van der Waals surface area (Å²) in [5.41, 5.74) is 1.92. The molecule has 0 saturated carbocycles. The van der Waals surface area contributed by atoms with Gasteiger partial charge in [-0.25, -0.2) is 14.2 Å². The van der Waals surface area contributed by atoms with E-state index in [1.807, 2.05) is 12.1 Å². The van der Waals surface area contributed by atoms with E-state index in [9.17, 15) is 9.90 Å². The molecule has 0 amide bonds. The lowest BCUT2D eigenvalue weighted by Gasteiger charge is -2.28. The molecule has 2 aromatic carbocycles. The minimum absolute atomic E-state index is 0.00844. The van der Waals surface area contributed by atoms with E-state index in [2.05, 4.69) is 15.2 Å². The van der Waals surface area contributed by atoms with E-state index in [1.54, 1.807) is 37.6 Å². The molecule has 0 aliphatic carbocycles. The lowest BCUT2D eigenvalue weighted by molar-refractivity contribution is 0.479. The normalized spacial score (nSPS) is 13.9. The van der Waals surface area contributed by atoms with Crippen molar-refractivity contribution >= 4 is 17.4 Å². The highest BCUT2D eigenvalue weighted by Crippen LogP contribution is 2.41. The number of hydrogen-bond acceptors (Lipinski definition) is 5. The van der Waals surface area contributed by atoms with Gasteiger partial charge in [-0.05, 0) is 47.5 Å². The van der Waals surface area contributed by atoms with Crippen LogP contribution in [-0.4, -0.2) is 45.4 Å². The first kappa shape index (κ1) is 22.2. The molecule has 2 aromatic heterocycles. The topological polar surface area (TPSA) is 75.3 Å². The highest BCUT2D eigenvalue weighted by Gasteiger charge is 2.18. The number of aromatic nitrogens is 3. The van der Waals surface area contributed by atoms with Crippen LogP contribution in [0.1, 0.15) is 0 Å². The average Bonchev–Trinajstić information content (AvgIpc) is 3.18. The fourth-order valence-corrected chi connectivity index (χ4v) is 4.43. The number of anilines is 1. The number of piperazine rings is 1. The van der Waals surface area contributed by atoms with Gasteiger partial charge in [-0.3, -0.25) is 4.57 Å². The van der Waals surface area contributed by atoms with E-state index >= 15 is 4.39 Å². The molecular weight excluding hydrogens is 457 g/mol. The highest BCUT2D eigenvalue weighted by molar-refractivity contribution is 6.31. The Morgan fingerprint density at radius 1 is 1.03 bits per heavy atom. The summed E-state index contributed by atoms with van der Waals surface area (Å²) in [6.45, 7) is 3.46. The molecule has 34 heavy (non-hydrogen) atoms. The van der Waals surface area contributed by atoms with Gasteiger partial charge >= 0.3 is 5.69 Å². The lowest BCUT2D eigenvalue weighted by Crippen LogP contribution is -2.43. The number of pyridine rings is 1. The van der Waals surface area contributed by atoms with E-state index in [-0.39, 0.29) is 17.1 Å². The molecule has 2 N–H and O–H groups in total. The van der Waals surface area contributed by atoms with Crippen molar-refractivity contribution in [3.8, 4) is 33.7 Å². The van der Waals surface area contributed by atoms with E-state index in [1.165, 1.54) is 27.5 Å². The van der Waals surface area contributed by atoms with Crippen molar-refractivity contribution in [2.45, 2.75) is 0 Å². The predicted octanol–water partition coefficient (Wildman–Crippen LogP) is 3.81. The second-order valence-corrected chi connectivity index (χ2v) is 8.65. The van der Waals surface area contributed by atoms with Crippen LogP contribution >= 0.6 is 11.6 Å². The zero-order chi connectivity index (χ0) is 23.8.